The molecule has 0 saturated carbocycles. The monoisotopic (exact) mass is 472 g/mol. The molecule has 2 amide bonds. The second-order valence-corrected chi connectivity index (χ2v) is 5.62. The van der Waals surface area contributed by atoms with Crippen molar-refractivity contribution in [2.45, 2.75) is 0 Å². The van der Waals surface area contributed by atoms with E-state index in [0.717, 1.165) is 8.86 Å². The summed E-state index contributed by atoms with van der Waals surface area (Å²) < 4.78 is 1.75. The zero-order chi connectivity index (χ0) is 13.4. The molecule has 18 heavy (non-hydrogen) atoms. The van der Waals surface area contributed by atoms with Crippen molar-refractivity contribution in [2.75, 3.05) is 21.9 Å². The zero-order valence-electron chi connectivity index (χ0n) is 9.71. The lowest BCUT2D eigenvalue weighted by Crippen LogP contribution is -2.26. The van der Waals surface area contributed by atoms with Crippen LogP contribution in [-0.4, -0.2) is 33.8 Å². The van der Waals surface area contributed by atoms with Crippen molar-refractivity contribution < 1.29 is 9.59 Å². The van der Waals surface area contributed by atoms with Gasteiger partial charge in [0.1, 0.15) is 0 Å². The van der Waals surface area contributed by atoms with Crippen LogP contribution in [0.3, 0.4) is 0 Å². The number of hydrogen-bond acceptors (Lipinski definition) is 2. The molecule has 0 spiro atoms. The summed E-state index contributed by atoms with van der Waals surface area (Å²) in [5, 5.41) is 5.57. The highest BCUT2D eigenvalue weighted by Gasteiger charge is 2.07. The minimum Gasteiger partial charge on any atom is -0.351 e. The Morgan fingerprint density at radius 2 is 1.17 bits per heavy atom. The van der Waals surface area contributed by atoms with Gasteiger partial charge in [-0.15, -0.1) is 0 Å². The fourth-order valence-corrected chi connectivity index (χ4v) is 1.84. The van der Waals surface area contributed by atoms with E-state index in [-0.39, 0.29) is 11.8 Å². The van der Waals surface area contributed by atoms with E-state index in [9.17, 15) is 9.59 Å². The third kappa shape index (κ3) is 5.09. The molecular weight excluding hydrogens is 458 g/mol. The van der Waals surface area contributed by atoms with Crippen molar-refractivity contribution in [1.82, 2.24) is 10.6 Å². The Kier molecular flexibility index (Phi) is 7.56. The first kappa shape index (κ1) is 15.7. The van der Waals surface area contributed by atoms with Crippen LogP contribution in [0, 0.1) is 0 Å². The molecule has 4 nitrogen and oxygen atoms in total. The first-order valence-electron chi connectivity index (χ1n) is 5.47. The molecule has 0 bridgehead atoms. The van der Waals surface area contributed by atoms with Crippen LogP contribution in [0.25, 0.3) is 0 Å². The van der Waals surface area contributed by atoms with Crippen LogP contribution >= 0.6 is 45.2 Å². The van der Waals surface area contributed by atoms with Crippen LogP contribution in [0.2, 0.25) is 0 Å². The molecule has 0 heterocycles. The lowest BCUT2D eigenvalue weighted by atomic mass is 10.1. The average molecular weight is 472 g/mol. The Balaban J connectivity index is 2.62. The summed E-state index contributed by atoms with van der Waals surface area (Å²) in [6, 6.07) is 6.67. The molecule has 6 heteroatoms. The standard InChI is InChI=1S/C12H14I2N2O2/c13-5-7-15-11(17)9-1-2-10(4-3-9)12(18)16-8-6-14/h1-4H,5-8H2,(H,15,17)(H,16,18). The average Bonchev–Trinajstić information content (AvgIpc) is 2.42. The molecule has 98 valence electrons. The fourth-order valence-electron chi connectivity index (χ4n) is 1.30. The molecular formula is C12H14I2N2O2. The van der Waals surface area contributed by atoms with Gasteiger partial charge in [0, 0.05) is 33.1 Å². The van der Waals surface area contributed by atoms with Crippen LogP contribution in [0.5, 0.6) is 0 Å². The van der Waals surface area contributed by atoms with Gasteiger partial charge in [0.15, 0.2) is 0 Å². The quantitative estimate of drug-likeness (QED) is 0.492. The van der Waals surface area contributed by atoms with Crippen LogP contribution in [0.15, 0.2) is 24.3 Å². The van der Waals surface area contributed by atoms with Gasteiger partial charge >= 0.3 is 0 Å². The van der Waals surface area contributed by atoms with Gasteiger partial charge in [-0.25, -0.2) is 0 Å². The second-order valence-electron chi connectivity index (χ2n) is 3.47. The number of carbonyl (C=O) groups is 2. The van der Waals surface area contributed by atoms with Crippen LogP contribution in [0.1, 0.15) is 20.7 Å². The number of rotatable bonds is 6. The molecule has 0 saturated heterocycles. The minimum absolute atomic E-state index is 0.106. The smallest absolute Gasteiger partial charge is 0.251 e. The molecule has 0 aromatic heterocycles. The molecule has 1 aromatic carbocycles. The maximum absolute atomic E-state index is 11.6. The van der Waals surface area contributed by atoms with E-state index in [2.05, 4.69) is 55.8 Å². The maximum Gasteiger partial charge on any atom is 0.251 e. The maximum atomic E-state index is 11.6. The van der Waals surface area contributed by atoms with E-state index in [1.807, 2.05) is 0 Å². The first-order chi connectivity index (χ1) is 8.69. The molecule has 0 aliphatic rings. The number of halogens is 2. The third-order valence-corrected chi connectivity index (χ3v) is 3.25. The highest BCUT2D eigenvalue weighted by atomic mass is 127. The molecule has 1 rings (SSSR count). The van der Waals surface area contributed by atoms with Gasteiger partial charge in [-0.2, -0.15) is 0 Å². The zero-order valence-corrected chi connectivity index (χ0v) is 14.0. The summed E-state index contributed by atoms with van der Waals surface area (Å²) in [6.45, 7) is 1.30. The molecule has 0 aliphatic heterocycles. The third-order valence-electron chi connectivity index (χ3n) is 2.17. The number of amides is 2. The molecule has 1 aromatic rings. The van der Waals surface area contributed by atoms with Crippen LogP contribution in [0.4, 0.5) is 0 Å². The van der Waals surface area contributed by atoms with Gasteiger partial charge < -0.3 is 10.6 Å². The largest absolute Gasteiger partial charge is 0.351 e. The second kappa shape index (κ2) is 8.68. The Morgan fingerprint density at radius 1 is 0.833 bits per heavy atom. The first-order valence-corrected chi connectivity index (χ1v) is 8.52. The number of benzene rings is 1. The van der Waals surface area contributed by atoms with Crippen molar-refractivity contribution >= 4 is 57.0 Å². The van der Waals surface area contributed by atoms with E-state index in [1.54, 1.807) is 24.3 Å². The van der Waals surface area contributed by atoms with Gasteiger partial charge in [-0.3, -0.25) is 9.59 Å². The summed E-state index contributed by atoms with van der Waals surface area (Å²) >= 11 is 4.40. The molecule has 0 radical (unpaired) electrons. The van der Waals surface area contributed by atoms with Gasteiger partial charge in [0.25, 0.3) is 11.8 Å². The number of nitrogens with one attached hydrogen (secondary N) is 2. The number of hydrogen-bond donors (Lipinski definition) is 2. The van der Waals surface area contributed by atoms with Crippen molar-refractivity contribution in [3.05, 3.63) is 35.4 Å². The summed E-state index contributed by atoms with van der Waals surface area (Å²) in [5.74, 6) is -0.211. The van der Waals surface area contributed by atoms with E-state index in [0.29, 0.717) is 24.2 Å². The van der Waals surface area contributed by atoms with Gasteiger partial charge in [-0.05, 0) is 24.3 Å². The normalized spacial score (nSPS) is 9.89. The van der Waals surface area contributed by atoms with Crippen molar-refractivity contribution in [3.63, 3.8) is 0 Å². The lowest BCUT2D eigenvalue weighted by molar-refractivity contribution is 0.0944. The fraction of sp³-hybridized carbons (Fsp3) is 0.333. The van der Waals surface area contributed by atoms with E-state index in [4.69, 9.17) is 0 Å². The van der Waals surface area contributed by atoms with E-state index in [1.165, 1.54) is 0 Å². The summed E-state index contributed by atoms with van der Waals surface area (Å²) in [5.41, 5.74) is 1.15. The Labute approximate surface area is 134 Å². The molecule has 0 fully saturated rings. The van der Waals surface area contributed by atoms with Crippen molar-refractivity contribution in [3.8, 4) is 0 Å². The van der Waals surface area contributed by atoms with Crippen molar-refractivity contribution in [1.29, 1.82) is 0 Å². The molecule has 0 aliphatic carbocycles. The molecule has 0 unspecified atom stereocenters. The van der Waals surface area contributed by atoms with Gasteiger partial charge in [0.2, 0.25) is 0 Å². The SMILES string of the molecule is O=C(NCCI)c1ccc(C(=O)NCCI)cc1. The minimum atomic E-state index is -0.106. The van der Waals surface area contributed by atoms with Crippen LogP contribution < -0.4 is 10.6 Å². The predicted octanol–water partition coefficient (Wildman–Crippen LogP) is 2.02. The lowest BCUT2D eigenvalue weighted by Gasteiger charge is -2.05. The Morgan fingerprint density at radius 3 is 1.44 bits per heavy atom. The number of alkyl halides is 2. The topological polar surface area (TPSA) is 58.2 Å². The Hall–Kier alpha value is -0.380. The predicted molar refractivity (Wildman–Crippen MR) is 88.9 cm³/mol. The highest BCUT2D eigenvalue weighted by molar-refractivity contribution is 14.1. The van der Waals surface area contributed by atoms with E-state index < -0.39 is 0 Å². The van der Waals surface area contributed by atoms with Gasteiger partial charge in [-0.1, -0.05) is 45.2 Å². The number of carbonyl (C=O) groups excluding carboxylic acids is 2. The molecule has 0 atom stereocenters. The van der Waals surface area contributed by atoms with Crippen LogP contribution in [-0.2, 0) is 0 Å². The van der Waals surface area contributed by atoms with E-state index >= 15 is 0 Å². The Bertz CT molecular complexity index is 368. The summed E-state index contributed by atoms with van der Waals surface area (Å²) in [7, 11) is 0. The molecule has 2 N–H and O–H groups in total. The summed E-state index contributed by atoms with van der Waals surface area (Å²) in [6.07, 6.45) is 0. The summed E-state index contributed by atoms with van der Waals surface area (Å²) in [4.78, 5) is 23.3. The highest BCUT2D eigenvalue weighted by Crippen LogP contribution is 2.04. The van der Waals surface area contributed by atoms with Crippen molar-refractivity contribution in [2.24, 2.45) is 0 Å². The van der Waals surface area contributed by atoms with Gasteiger partial charge in [0.05, 0.1) is 0 Å².